The van der Waals surface area contributed by atoms with E-state index in [1.807, 2.05) is 51.1 Å². The van der Waals surface area contributed by atoms with Crippen molar-refractivity contribution in [2.75, 3.05) is 6.54 Å². The lowest BCUT2D eigenvalue weighted by Gasteiger charge is -2.18. The molecule has 132 valence electrons. The van der Waals surface area contributed by atoms with Gasteiger partial charge in [-0.2, -0.15) is 0 Å². The number of nitrogens with one attached hydrogen (secondary N) is 2. The Morgan fingerprint density at radius 3 is 2.25 bits per heavy atom. The summed E-state index contributed by atoms with van der Waals surface area (Å²) in [7, 11) is 0. The summed E-state index contributed by atoms with van der Waals surface area (Å²) >= 11 is 0. The Morgan fingerprint density at radius 1 is 1.12 bits per heavy atom. The van der Waals surface area contributed by atoms with Gasteiger partial charge in [0.15, 0.2) is 0 Å². The maximum atomic E-state index is 12.3. The molecule has 0 fully saturated rings. The average molecular weight is 334 g/mol. The number of benzene rings is 1. The predicted molar refractivity (Wildman–Crippen MR) is 91.5 cm³/mol. The standard InChI is InChI=1S/C18H26N2O4/c1-4-14(13-8-6-5-7-9-13)17(22)19-11-16(21)20-15(18(23)24)10-12(2)3/h5-9,12,14-15H,4,10-11H2,1-3H3,(H,19,22)(H,20,21)(H,23,24)/t14?,15-/m0/s1. The molecule has 0 aromatic heterocycles. The zero-order chi connectivity index (χ0) is 18.1. The fourth-order valence-electron chi connectivity index (χ4n) is 2.49. The average Bonchev–Trinajstić information content (AvgIpc) is 2.53. The summed E-state index contributed by atoms with van der Waals surface area (Å²) in [6, 6.07) is 8.41. The molecule has 1 rings (SSSR count). The SMILES string of the molecule is CCC(C(=O)NCC(=O)N[C@@H](CC(C)C)C(=O)O)c1ccccc1. The van der Waals surface area contributed by atoms with Crippen molar-refractivity contribution in [3.05, 3.63) is 35.9 Å². The minimum atomic E-state index is -1.07. The number of rotatable bonds is 9. The van der Waals surface area contributed by atoms with Crippen LogP contribution in [0.4, 0.5) is 0 Å². The minimum absolute atomic E-state index is 0.142. The summed E-state index contributed by atoms with van der Waals surface area (Å²) in [5.41, 5.74) is 0.890. The molecule has 6 heteroatoms. The third-order valence-electron chi connectivity index (χ3n) is 3.69. The molecule has 0 radical (unpaired) electrons. The van der Waals surface area contributed by atoms with Gasteiger partial charge < -0.3 is 15.7 Å². The van der Waals surface area contributed by atoms with Crippen LogP contribution in [-0.4, -0.2) is 35.5 Å². The molecule has 0 saturated heterocycles. The topological polar surface area (TPSA) is 95.5 Å². The highest BCUT2D eigenvalue weighted by Crippen LogP contribution is 2.18. The Labute approximate surface area is 142 Å². The van der Waals surface area contributed by atoms with Crippen LogP contribution in [0.3, 0.4) is 0 Å². The monoisotopic (exact) mass is 334 g/mol. The number of carbonyl (C=O) groups excluding carboxylic acids is 2. The van der Waals surface area contributed by atoms with E-state index in [2.05, 4.69) is 10.6 Å². The van der Waals surface area contributed by atoms with E-state index in [0.717, 1.165) is 5.56 Å². The first kappa shape index (κ1) is 19.7. The molecule has 0 heterocycles. The molecule has 0 aliphatic heterocycles. The van der Waals surface area contributed by atoms with E-state index in [1.165, 1.54) is 0 Å². The summed E-state index contributed by atoms with van der Waals surface area (Å²) < 4.78 is 0. The molecule has 2 amide bonds. The zero-order valence-corrected chi connectivity index (χ0v) is 14.4. The maximum Gasteiger partial charge on any atom is 0.326 e. The number of aliphatic carboxylic acids is 1. The van der Waals surface area contributed by atoms with Crippen LogP contribution >= 0.6 is 0 Å². The lowest BCUT2D eigenvalue weighted by Crippen LogP contribution is -2.46. The van der Waals surface area contributed by atoms with Crippen molar-refractivity contribution < 1.29 is 19.5 Å². The third kappa shape index (κ3) is 6.40. The van der Waals surface area contributed by atoms with E-state index in [-0.39, 0.29) is 24.3 Å². The Balaban J connectivity index is 2.56. The van der Waals surface area contributed by atoms with E-state index in [9.17, 15) is 14.4 Å². The normalized spacial score (nSPS) is 13.2. The van der Waals surface area contributed by atoms with Crippen molar-refractivity contribution in [2.24, 2.45) is 5.92 Å². The zero-order valence-electron chi connectivity index (χ0n) is 14.4. The fraction of sp³-hybridized carbons (Fsp3) is 0.500. The summed E-state index contributed by atoms with van der Waals surface area (Å²) in [6.45, 7) is 5.44. The van der Waals surface area contributed by atoms with Gasteiger partial charge in [-0.15, -0.1) is 0 Å². The fourth-order valence-corrected chi connectivity index (χ4v) is 2.49. The second-order valence-electron chi connectivity index (χ2n) is 6.18. The van der Waals surface area contributed by atoms with Crippen LogP contribution in [0.15, 0.2) is 30.3 Å². The van der Waals surface area contributed by atoms with E-state index in [1.54, 1.807) is 0 Å². The molecule has 1 unspecified atom stereocenters. The van der Waals surface area contributed by atoms with E-state index in [4.69, 9.17) is 5.11 Å². The molecule has 6 nitrogen and oxygen atoms in total. The molecule has 0 aliphatic rings. The number of amides is 2. The van der Waals surface area contributed by atoms with Gasteiger partial charge in [0.05, 0.1) is 12.5 Å². The molecule has 0 bridgehead atoms. The van der Waals surface area contributed by atoms with Crippen LogP contribution in [0.2, 0.25) is 0 Å². The van der Waals surface area contributed by atoms with Gasteiger partial charge in [0.2, 0.25) is 11.8 Å². The first-order valence-corrected chi connectivity index (χ1v) is 8.20. The lowest BCUT2D eigenvalue weighted by atomic mass is 9.96. The number of carboxylic acids is 1. The quantitative estimate of drug-likeness (QED) is 0.643. The van der Waals surface area contributed by atoms with Crippen molar-refractivity contribution in [3.63, 3.8) is 0 Å². The molecule has 0 aliphatic carbocycles. The van der Waals surface area contributed by atoms with E-state index < -0.39 is 17.9 Å². The largest absolute Gasteiger partial charge is 0.480 e. The highest BCUT2D eigenvalue weighted by molar-refractivity contribution is 5.90. The molecule has 1 aromatic carbocycles. The summed E-state index contributed by atoms with van der Waals surface area (Å²) in [6.07, 6.45) is 0.958. The molecule has 2 atom stereocenters. The second kappa shape index (κ2) is 9.70. The van der Waals surface area contributed by atoms with Gasteiger partial charge in [-0.05, 0) is 24.3 Å². The first-order valence-electron chi connectivity index (χ1n) is 8.20. The van der Waals surface area contributed by atoms with Crippen molar-refractivity contribution in [2.45, 2.75) is 45.6 Å². The van der Waals surface area contributed by atoms with Gasteiger partial charge in [-0.25, -0.2) is 4.79 Å². The third-order valence-corrected chi connectivity index (χ3v) is 3.69. The van der Waals surface area contributed by atoms with Gasteiger partial charge in [0.1, 0.15) is 6.04 Å². The van der Waals surface area contributed by atoms with Gasteiger partial charge in [0, 0.05) is 0 Å². The highest BCUT2D eigenvalue weighted by atomic mass is 16.4. The minimum Gasteiger partial charge on any atom is -0.480 e. The highest BCUT2D eigenvalue weighted by Gasteiger charge is 2.22. The van der Waals surface area contributed by atoms with Crippen molar-refractivity contribution in [1.29, 1.82) is 0 Å². The first-order chi connectivity index (χ1) is 11.3. The van der Waals surface area contributed by atoms with Crippen LogP contribution < -0.4 is 10.6 Å². The van der Waals surface area contributed by atoms with Crippen LogP contribution in [0.1, 0.15) is 45.1 Å². The Morgan fingerprint density at radius 2 is 1.75 bits per heavy atom. The smallest absolute Gasteiger partial charge is 0.326 e. The Bertz CT molecular complexity index is 557. The molecular formula is C18H26N2O4. The van der Waals surface area contributed by atoms with Crippen LogP contribution in [0.5, 0.6) is 0 Å². The summed E-state index contributed by atoms with van der Waals surface area (Å²) in [5, 5.41) is 14.2. The molecule has 0 saturated carbocycles. The van der Waals surface area contributed by atoms with Crippen LogP contribution in [-0.2, 0) is 14.4 Å². The molecule has 1 aromatic rings. The predicted octanol–water partition coefficient (Wildman–Crippen LogP) is 1.91. The van der Waals surface area contributed by atoms with Crippen LogP contribution in [0, 0.1) is 5.92 Å². The van der Waals surface area contributed by atoms with E-state index >= 15 is 0 Å². The van der Waals surface area contributed by atoms with Crippen molar-refractivity contribution in [3.8, 4) is 0 Å². The maximum absolute atomic E-state index is 12.3. The Hall–Kier alpha value is -2.37. The van der Waals surface area contributed by atoms with Gasteiger partial charge in [-0.3, -0.25) is 9.59 Å². The van der Waals surface area contributed by atoms with Gasteiger partial charge in [0.25, 0.3) is 0 Å². The molecule has 3 N–H and O–H groups in total. The Kier molecular flexibility index (Phi) is 7.95. The molecule has 24 heavy (non-hydrogen) atoms. The van der Waals surface area contributed by atoms with Crippen molar-refractivity contribution >= 4 is 17.8 Å². The van der Waals surface area contributed by atoms with E-state index in [0.29, 0.717) is 12.8 Å². The lowest BCUT2D eigenvalue weighted by molar-refractivity contribution is -0.142. The number of hydrogen-bond donors (Lipinski definition) is 3. The van der Waals surface area contributed by atoms with Gasteiger partial charge >= 0.3 is 5.97 Å². The number of carboxylic acid groups (broad SMARTS) is 1. The number of hydrogen-bond acceptors (Lipinski definition) is 3. The molecular weight excluding hydrogens is 308 g/mol. The summed E-state index contributed by atoms with van der Waals surface area (Å²) in [5.74, 6) is -2.00. The summed E-state index contributed by atoms with van der Waals surface area (Å²) in [4.78, 5) is 35.3. The second-order valence-corrected chi connectivity index (χ2v) is 6.18. The van der Waals surface area contributed by atoms with Crippen molar-refractivity contribution in [1.82, 2.24) is 10.6 Å². The van der Waals surface area contributed by atoms with Crippen LogP contribution in [0.25, 0.3) is 0 Å². The number of carbonyl (C=O) groups is 3. The molecule has 0 spiro atoms. The van der Waals surface area contributed by atoms with Gasteiger partial charge in [-0.1, -0.05) is 51.1 Å².